The number of rotatable bonds is 8. The Bertz CT molecular complexity index is 689. The van der Waals surface area contributed by atoms with E-state index in [-0.39, 0.29) is 11.2 Å². The zero-order valence-corrected chi connectivity index (χ0v) is 17.6. The molecule has 1 aromatic rings. The van der Waals surface area contributed by atoms with Crippen LogP contribution < -0.4 is 0 Å². The molecule has 2 heterocycles. The highest BCUT2D eigenvalue weighted by atomic mass is 32.2. The smallest absolute Gasteiger partial charge is 0.178 e. The molecule has 0 unspecified atom stereocenters. The topological polar surface area (TPSA) is 49.9 Å². The maximum Gasteiger partial charge on any atom is 0.178 e. The number of hydrogen-bond donors (Lipinski definition) is 0. The van der Waals surface area contributed by atoms with Crippen LogP contribution in [0, 0.1) is 0 Å². The molecule has 0 spiro atoms. The Kier molecular flexibility index (Phi) is 6.95. The predicted molar refractivity (Wildman–Crippen MR) is 109 cm³/mol. The summed E-state index contributed by atoms with van der Waals surface area (Å²) in [4.78, 5) is 5.04. The van der Waals surface area contributed by atoms with Crippen LogP contribution in [0.1, 0.15) is 37.7 Å². The van der Waals surface area contributed by atoms with Crippen LogP contribution in [-0.2, 0) is 20.0 Å². The Morgan fingerprint density at radius 2 is 1.70 bits per heavy atom. The molecule has 1 aromatic carbocycles. The van der Waals surface area contributed by atoms with E-state index in [0.717, 1.165) is 52.2 Å². The van der Waals surface area contributed by atoms with Crippen molar-refractivity contribution in [3.8, 4) is 0 Å². The van der Waals surface area contributed by atoms with Gasteiger partial charge >= 0.3 is 0 Å². The quantitative estimate of drug-likeness (QED) is 0.678. The highest BCUT2D eigenvalue weighted by molar-refractivity contribution is 7.91. The van der Waals surface area contributed by atoms with Gasteiger partial charge in [-0.25, -0.2) is 8.42 Å². The van der Waals surface area contributed by atoms with E-state index in [1.54, 1.807) is 0 Å². The summed E-state index contributed by atoms with van der Waals surface area (Å²) < 4.78 is 31.0. The minimum atomic E-state index is -3.20. The van der Waals surface area contributed by atoms with Crippen LogP contribution in [0.15, 0.2) is 29.2 Å². The lowest BCUT2D eigenvalue weighted by Crippen LogP contribution is -2.42. The van der Waals surface area contributed by atoms with Gasteiger partial charge in [0.25, 0.3) is 0 Å². The Morgan fingerprint density at radius 3 is 2.30 bits per heavy atom. The Balaban J connectivity index is 1.67. The van der Waals surface area contributed by atoms with Gasteiger partial charge in [0.2, 0.25) is 0 Å². The summed E-state index contributed by atoms with van der Waals surface area (Å²) >= 11 is 0. The first-order chi connectivity index (χ1) is 12.9. The summed E-state index contributed by atoms with van der Waals surface area (Å²) in [5, 5.41) is 0. The second-order valence-electron chi connectivity index (χ2n) is 8.38. The van der Waals surface area contributed by atoms with Crippen molar-refractivity contribution in [1.82, 2.24) is 9.80 Å². The fourth-order valence-electron chi connectivity index (χ4n) is 4.52. The molecule has 0 saturated carbocycles. The maximum absolute atomic E-state index is 12.7. The van der Waals surface area contributed by atoms with Crippen LogP contribution >= 0.6 is 0 Å². The first-order valence-electron chi connectivity index (χ1n) is 10.2. The molecule has 2 saturated heterocycles. The molecule has 6 heteroatoms. The normalized spacial score (nSPS) is 21.0. The summed E-state index contributed by atoms with van der Waals surface area (Å²) in [7, 11) is 0.983. The van der Waals surface area contributed by atoms with Crippen molar-refractivity contribution in [2.45, 2.75) is 42.4 Å². The second kappa shape index (κ2) is 9.03. The van der Waals surface area contributed by atoms with Crippen molar-refractivity contribution in [2.24, 2.45) is 0 Å². The molecule has 0 radical (unpaired) electrons. The van der Waals surface area contributed by atoms with Crippen molar-refractivity contribution >= 4 is 9.84 Å². The van der Waals surface area contributed by atoms with E-state index in [4.69, 9.17) is 4.74 Å². The van der Waals surface area contributed by atoms with Crippen LogP contribution in [0.25, 0.3) is 0 Å². The van der Waals surface area contributed by atoms with Gasteiger partial charge in [-0.2, -0.15) is 0 Å². The molecule has 27 heavy (non-hydrogen) atoms. The minimum absolute atomic E-state index is 0.0554. The van der Waals surface area contributed by atoms with E-state index in [1.165, 1.54) is 18.4 Å². The minimum Gasteiger partial charge on any atom is -0.381 e. The van der Waals surface area contributed by atoms with Gasteiger partial charge in [0.15, 0.2) is 9.84 Å². The van der Waals surface area contributed by atoms with Crippen LogP contribution in [0.3, 0.4) is 0 Å². The van der Waals surface area contributed by atoms with E-state index in [1.807, 2.05) is 24.3 Å². The molecule has 2 fully saturated rings. The van der Waals surface area contributed by atoms with E-state index in [9.17, 15) is 8.42 Å². The first kappa shape index (κ1) is 20.8. The fourth-order valence-corrected chi connectivity index (χ4v) is 5.82. The number of nitrogens with zero attached hydrogens (tertiary/aromatic N) is 2. The predicted octanol–water partition coefficient (Wildman–Crippen LogP) is 2.56. The van der Waals surface area contributed by atoms with Crippen molar-refractivity contribution in [3.63, 3.8) is 0 Å². The lowest BCUT2D eigenvalue weighted by atomic mass is 9.74. The number of ether oxygens (including phenoxy) is 1. The summed E-state index contributed by atoms with van der Waals surface area (Å²) in [5.74, 6) is 0.236. The molecule has 2 aliphatic rings. The molecule has 0 aliphatic carbocycles. The Morgan fingerprint density at radius 1 is 1.07 bits per heavy atom. The molecule has 0 N–H and O–H groups in total. The van der Waals surface area contributed by atoms with Gasteiger partial charge in [-0.3, -0.25) is 0 Å². The second-order valence-corrected chi connectivity index (χ2v) is 10.5. The molecule has 0 amide bonds. The van der Waals surface area contributed by atoms with Gasteiger partial charge in [-0.1, -0.05) is 12.1 Å². The van der Waals surface area contributed by atoms with Gasteiger partial charge in [-0.15, -0.1) is 0 Å². The van der Waals surface area contributed by atoms with Crippen molar-refractivity contribution in [2.75, 3.05) is 59.2 Å². The van der Waals surface area contributed by atoms with Crippen LogP contribution in [-0.4, -0.2) is 77.5 Å². The van der Waals surface area contributed by atoms with Gasteiger partial charge in [0.05, 0.1) is 10.6 Å². The average molecular weight is 395 g/mol. The highest BCUT2D eigenvalue weighted by Gasteiger charge is 2.35. The van der Waals surface area contributed by atoms with E-state index < -0.39 is 9.84 Å². The van der Waals surface area contributed by atoms with Crippen LogP contribution in [0.2, 0.25) is 0 Å². The van der Waals surface area contributed by atoms with E-state index >= 15 is 0 Å². The zero-order chi connectivity index (χ0) is 19.3. The standard InChI is InChI=1S/C21H34N2O3S/c1-22(2)18-21(10-15-26-16-11-21)19-6-8-20(9-7-19)27(24,25)17-5-14-23-12-3-4-13-23/h6-9H,3-5,10-18H2,1-2H3. The molecule has 152 valence electrons. The van der Waals surface area contributed by atoms with Crippen LogP contribution in [0.4, 0.5) is 0 Å². The molecular formula is C21H34N2O3S. The van der Waals surface area contributed by atoms with Crippen molar-refractivity contribution < 1.29 is 13.2 Å². The summed E-state index contributed by atoms with van der Waals surface area (Å²) in [6, 6.07) is 7.69. The third-order valence-electron chi connectivity index (χ3n) is 5.98. The zero-order valence-electron chi connectivity index (χ0n) is 16.8. The van der Waals surface area contributed by atoms with Gasteiger partial charge < -0.3 is 14.5 Å². The van der Waals surface area contributed by atoms with Gasteiger partial charge in [-0.05, 0) is 83.5 Å². The summed E-state index contributed by atoms with van der Waals surface area (Å²) in [5.41, 5.74) is 1.29. The van der Waals surface area contributed by atoms with Crippen molar-refractivity contribution in [3.05, 3.63) is 29.8 Å². The van der Waals surface area contributed by atoms with Gasteiger partial charge in [0, 0.05) is 25.2 Å². The number of sulfone groups is 1. The molecule has 5 nitrogen and oxygen atoms in total. The SMILES string of the molecule is CN(C)CC1(c2ccc(S(=O)(=O)CCCN3CCCC3)cc2)CCOCC1. The third kappa shape index (κ3) is 5.31. The molecule has 0 aromatic heterocycles. The fraction of sp³-hybridized carbons (Fsp3) is 0.714. The van der Waals surface area contributed by atoms with E-state index in [2.05, 4.69) is 23.9 Å². The Labute approximate surface area is 164 Å². The van der Waals surface area contributed by atoms with Gasteiger partial charge in [0.1, 0.15) is 0 Å². The number of likely N-dealkylation sites (tertiary alicyclic amines) is 1. The van der Waals surface area contributed by atoms with Crippen LogP contribution in [0.5, 0.6) is 0 Å². The molecular weight excluding hydrogens is 360 g/mol. The maximum atomic E-state index is 12.7. The number of likely N-dealkylation sites (N-methyl/N-ethyl adjacent to an activating group) is 1. The monoisotopic (exact) mass is 394 g/mol. The molecule has 2 aliphatic heterocycles. The highest BCUT2D eigenvalue weighted by Crippen LogP contribution is 2.36. The van der Waals surface area contributed by atoms with Crippen molar-refractivity contribution in [1.29, 1.82) is 0 Å². The largest absolute Gasteiger partial charge is 0.381 e. The third-order valence-corrected chi connectivity index (χ3v) is 7.80. The molecule has 0 bridgehead atoms. The number of hydrogen-bond acceptors (Lipinski definition) is 5. The lowest BCUT2D eigenvalue weighted by molar-refractivity contribution is 0.0401. The number of benzene rings is 1. The molecule has 3 rings (SSSR count). The summed E-state index contributed by atoms with van der Waals surface area (Å²) in [6.07, 6.45) is 5.16. The summed E-state index contributed by atoms with van der Waals surface area (Å²) in [6.45, 7) is 5.62. The molecule has 0 atom stereocenters. The first-order valence-corrected chi connectivity index (χ1v) is 11.8. The average Bonchev–Trinajstić information content (AvgIpc) is 3.15. The Hall–Kier alpha value is -0.950. The van der Waals surface area contributed by atoms with E-state index in [0.29, 0.717) is 11.3 Å². The lowest BCUT2D eigenvalue weighted by Gasteiger charge is -2.39.